The first kappa shape index (κ1) is 12.4. The molecule has 1 heterocycles. The second-order valence-corrected chi connectivity index (χ2v) is 5.94. The van der Waals surface area contributed by atoms with Gasteiger partial charge in [0.25, 0.3) is 0 Å². The Morgan fingerprint density at radius 1 is 0.812 bits per heavy atom. The third-order valence-corrected chi connectivity index (χ3v) is 4.78. The molecule has 0 atom stereocenters. The Balaban J connectivity index is 2.03. The molecule has 1 aliphatic heterocycles. The second-order valence-electron chi connectivity index (χ2n) is 5.94. The zero-order chi connectivity index (χ0) is 11.3. The number of likely N-dealkylation sites (tertiary alicyclic amines) is 1. The van der Waals surface area contributed by atoms with Crippen LogP contribution in [0.4, 0.5) is 0 Å². The summed E-state index contributed by atoms with van der Waals surface area (Å²) >= 11 is 0. The van der Waals surface area contributed by atoms with E-state index in [0.717, 1.165) is 0 Å². The molecule has 1 heteroatoms. The summed E-state index contributed by atoms with van der Waals surface area (Å²) in [5.74, 6) is 0. The smallest absolute Gasteiger partial charge is 0.0209 e. The second kappa shape index (κ2) is 6.05. The number of nitrogens with zero attached hydrogens (tertiary/aromatic N) is 1. The molecule has 0 aromatic heterocycles. The lowest BCUT2D eigenvalue weighted by Crippen LogP contribution is -2.47. The van der Waals surface area contributed by atoms with Gasteiger partial charge in [-0.2, -0.15) is 0 Å². The van der Waals surface area contributed by atoms with E-state index in [0.29, 0.717) is 5.54 Å². The Kier molecular flexibility index (Phi) is 4.69. The quantitative estimate of drug-likeness (QED) is 0.687. The van der Waals surface area contributed by atoms with E-state index in [9.17, 15) is 0 Å². The topological polar surface area (TPSA) is 3.24 Å². The first-order valence-corrected chi connectivity index (χ1v) is 7.62. The van der Waals surface area contributed by atoms with Crippen molar-refractivity contribution in [3.8, 4) is 0 Å². The van der Waals surface area contributed by atoms with Crippen LogP contribution < -0.4 is 0 Å². The molecule has 1 aliphatic carbocycles. The number of rotatable bonds is 3. The molecule has 0 unspecified atom stereocenters. The molecular weight excluding hydrogens is 194 g/mol. The fourth-order valence-corrected chi connectivity index (χ4v) is 3.94. The highest BCUT2D eigenvalue weighted by molar-refractivity contribution is 4.93. The van der Waals surface area contributed by atoms with E-state index in [1.807, 2.05) is 0 Å². The van der Waals surface area contributed by atoms with E-state index in [1.54, 1.807) is 0 Å². The molecule has 1 saturated carbocycles. The summed E-state index contributed by atoms with van der Waals surface area (Å²) < 4.78 is 0. The largest absolute Gasteiger partial charge is 0.298 e. The molecule has 0 aromatic rings. The summed E-state index contributed by atoms with van der Waals surface area (Å²) in [7, 11) is 0. The maximum atomic E-state index is 2.86. The molecule has 0 N–H and O–H groups in total. The van der Waals surface area contributed by atoms with Crippen LogP contribution in [0.15, 0.2) is 0 Å². The standard InChI is InChI=1S/C15H29N/c1-2-10-15(16-13-8-9-14-16)11-6-4-3-5-7-12-15/h2-14H2,1H3. The normalized spacial score (nSPS) is 27.6. The van der Waals surface area contributed by atoms with Crippen LogP contribution in [0.5, 0.6) is 0 Å². The van der Waals surface area contributed by atoms with Crippen LogP contribution >= 0.6 is 0 Å². The molecule has 2 fully saturated rings. The molecule has 2 rings (SSSR count). The molecule has 1 saturated heterocycles. The van der Waals surface area contributed by atoms with Crippen LogP contribution in [-0.2, 0) is 0 Å². The third kappa shape index (κ3) is 2.80. The highest BCUT2D eigenvalue weighted by Crippen LogP contribution is 2.37. The monoisotopic (exact) mass is 223 g/mol. The summed E-state index contributed by atoms with van der Waals surface area (Å²) in [4.78, 5) is 2.86. The molecule has 0 radical (unpaired) electrons. The van der Waals surface area contributed by atoms with Crippen LogP contribution in [0.2, 0.25) is 0 Å². The third-order valence-electron chi connectivity index (χ3n) is 4.78. The Labute approximate surface area is 102 Å². The lowest BCUT2D eigenvalue weighted by molar-refractivity contribution is 0.0740. The molecule has 0 bridgehead atoms. The lowest BCUT2D eigenvalue weighted by Gasteiger charge is -2.43. The van der Waals surface area contributed by atoms with E-state index in [4.69, 9.17) is 0 Å². The molecule has 2 aliphatic rings. The van der Waals surface area contributed by atoms with Crippen LogP contribution in [0.3, 0.4) is 0 Å². The minimum absolute atomic E-state index is 0.617. The Morgan fingerprint density at radius 3 is 1.94 bits per heavy atom. The van der Waals surface area contributed by atoms with Gasteiger partial charge in [-0.15, -0.1) is 0 Å². The Bertz CT molecular complexity index is 186. The van der Waals surface area contributed by atoms with Gasteiger partial charge in [-0.1, -0.05) is 45.4 Å². The van der Waals surface area contributed by atoms with Crippen LogP contribution in [0.25, 0.3) is 0 Å². The summed E-state index contributed by atoms with van der Waals surface area (Å²) in [5, 5.41) is 0. The van der Waals surface area contributed by atoms with Crippen molar-refractivity contribution in [2.24, 2.45) is 0 Å². The van der Waals surface area contributed by atoms with Gasteiger partial charge in [0.05, 0.1) is 0 Å². The molecule has 1 nitrogen and oxygen atoms in total. The predicted octanol–water partition coefficient (Wildman–Crippen LogP) is 4.37. The fraction of sp³-hybridized carbons (Fsp3) is 1.00. The van der Waals surface area contributed by atoms with Crippen molar-refractivity contribution in [3.05, 3.63) is 0 Å². The van der Waals surface area contributed by atoms with Crippen molar-refractivity contribution in [1.29, 1.82) is 0 Å². The highest BCUT2D eigenvalue weighted by atomic mass is 15.2. The predicted molar refractivity (Wildman–Crippen MR) is 70.8 cm³/mol. The van der Waals surface area contributed by atoms with Crippen molar-refractivity contribution < 1.29 is 0 Å². The number of hydrogen-bond donors (Lipinski definition) is 0. The van der Waals surface area contributed by atoms with E-state index in [2.05, 4.69) is 11.8 Å². The maximum Gasteiger partial charge on any atom is 0.0209 e. The Hall–Kier alpha value is -0.0400. The molecule has 0 amide bonds. The van der Waals surface area contributed by atoms with E-state index < -0.39 is 0 Å². The van der Waals surface area contributed by atoms with Gasteiger partial charge in [0, 0.05) is 5.54 Å². The highest BCUT2D eigenvalue weighted by Gasteiger charge is 2.36. The first-order chi connectivity index (χ1) is 7.87. The maximum absolute atomic E-state index is 2.86. The van der Waals surface area contributed by atoms with E-state index in [1.165, 1.54) is 83.7 Å². The van der Waals surface area contributed by atoms with Crippen molar-refractivity contribution in [2.45, 2.75) is 83.1 Å². The fourth-order valence-electron chi connectivity index (χ4n) is 3.94. The zero-order valence-electron chi connectivity index (χ0n) is 11.1. The van der Waals surface area contributed by atoms with Gasteiger partial charge in [0.2, 0.25) is 0 Å². The van der Waals surface area contributed by atoms with Crippen molar-refractivity contribution >= 4 is 0 Å². The van der Waals surface area contributed by atoms with Crippen LogP contribution in [0.1, 0.15) is 77.6 Å². The average Bonchev–Trinajstić information content (AvgIpc) is 2.76. The lowest BCUT2D eigenvalue weighted by atomic mass is 9.79. The van der Waals surface area contributed by atoms with Gasteiger partial charge in [0.15, 0.2) is 0 Å². The minimum atomic E-state index is 0.617. The molecule has 0 aromatic carbocycles. The van der Waals surface area contributed by atoms with Gasteiger partial charge >= 0.3 is 0 Å². The van der Waals surface area contributed by atoms with Crippen LogP contribution in [-0.4, -0.2) is 23.5 Å². The minimum Gasteiger partial charge on any atom is -0.298 e. The molecule has 0 spiro atoms. The van der Waals surface area contributed by atoms with E-state index in [-0.39, 0.29) is 0 Å². The van der Waals surface area contributed by atoms with Gasteiger partial charge < -0.3 is 0 Å². The zero-order valence-corrected chi connectivity index (χ0v) is 11.1. The van der Waals surface area contributed by atoms with Crippen molar-refractivity contribution in [3.63, 3.8) is 0 Å². The van der Waals surface area contributed by atoms with Crippen molar-refractivity contribution in [2.75, 3.05) is 13.1 Å². The molecule has 16 heavy (non-hydrogen) atoms. The Morgan fingerprint density at radius 2 is 1.38 bits per heavy atom. The number of hydrogen-bond acceptors (Lipinski definition) is 1. The van der Waals surface area contributed by atoms with Gasteiger partial charge in [-0.25, -0.2) is 0 Å². The van der Waals surface area contributed by atoms with Crippen molar-refractivity contribution in [1.82, 2.24) is 4.90 Å². The summed E-state index contributed by atoms with van der Waals surface area (Å²) in [6, 6.07) is 0. The summed E-state index contributed by atoms with van der Waals surface area (Å²) in [5.41, 5.74) is 0.617. The SMILES string of the molecule is CCCC1(N2CCCC2)CCCCCCC1. The average molecular weight is 223 g/mol. The summed E-state index contributed by atoms with van der Waals surface area (Å²) in [6.45, 7) is 5.15. The van der Waals surface area contributed by atoms with Gasteiger partial charge in [-0.3, -0.25) is 4.90 Å². The van der Waals surface area contributed by atoms with Gasteiger partial charge in [0.1, 0.15) is 0 Å². The van der Waals surface area contributed by atoms with E-state index >= 15 is 0 Å². The van der Waals surface area contributed by atoms with Gasteiger partial charge in [-0.05, 0) is 45.2 Å². The summed E-state index contributed by atoms with van der Waals surface area (Å²) in [6.07, 6.45) is 16.1. The molecule has 94 valence electrons. The first-order valence-electron chi connectivity index (χ1n) is 7.62. The van der Waals surface area contributed by atoms with Crippen LogP contribution in [0, 0.1) is 0 Å². The molecular formula is C15H29N.